The smallest absolute Gasteiger partial charge is 0.341 e. The molecule has 1 fully saturated rings. The predicted molar refractivity (Wildman–Crippen MR) is 53.9 cm³/mol. The topological polar surface area (TPSA) is 118 Å². The molecule has 0 aromatic heterocycles. The Morgan fingerprint density at radius 2 is 1.88 bits per heavy atom. The molecule has 0 aliphatic carbocycles. The molecule has 0 amide bonds. The summed E-state index contributed by atoms with van der Waals surface area (Å²) in [5.41, 5.74) is 0.0671. The minimum Gasteiger partial charge on any atom is -0.478 e. The van der Waals surface area contributed by atoms with E-state index in [4.69, 9.17) is 10.2 Å². The minimum atomic E-state index is -1.24. The summed E-state index contributed by atoms with van der Waals surface area (Å²) in [7, 11) is 0. The molecule has 0 bridgehead atoms. The fourth-order valence-corrected chi connectivity index (χ4v) is 0.705. The van der Waals surface area contributed by atoms with Gasteiger partial charge in [0.15, 0.2) is 0 Å². The highest BCUT2D eigenvalue weighted by Crippen LogP contribution is 2.10. The Labute approximate surface area is 96.0 Å². The van der Waals surface area contributed by atoms with Gasteiger partial charge < -0.3 is 14.9 Å². The Kier molecular flexibility index (Phi) is 5.32. The Bertz CT molecular complexity index is 398. The molecule has 7 heteroatoms. The Hall–Kier alpha value is -2.44. The number of esters is 2. The molecule has 1 saturated heterocycles. The van der Waals surface area contributed by atoms with Crippen molar-refractivity contribution >= 4 is 23.9 Å². The molecule has 1 heterocycles. The number of hydrogen-bond acceptors (Lipinski definition) is 5. The zero-order chi connectivity index (χ0) is 13.6. The molecule has 0 aromatic rings. The molecule has 0 atom stereocenters. The van der Waals surface area contributed by atoms with Crippen LogP contribution in [0, 0.1) is 0 Å². The lowest BCUT2D eigenvalue weighted by Crippen LogP contribution is -1.99. The highest BCUT2D eigenvalue weighted by Gasteiger charge is 2.24. The second-order valence-electron chi connectivity index (χ2n) is 3.01. The quantitative estimate of drug-likeness (QED) is 0.401. The first-order valence-electron chi connectivity index (χ1n) is 4.31. The normalized spacial score (nSPS) is 14.9. The number of cyclic esters (lactones) is 2. The first-order chi connectivity index (χ1) is 7.73. The number of aliphatic carboxylic acids is 2. The van der Waals surface area contributed by atoms with Crippen molar-refractivity contribution in [2.24, 2.45) is 0 Å². The third-order valence-electron chi connectivity index (χ3n) is 1.53. The van der Waals surface area contributed by atoms with Crippen LogP contribution in [0.15, 0.2) is 23.8 Å². The summed E-state index contributed by atoms with van der Waals surface area (Å²) in [4.78, 5) is 40.1. The molecular weight excluding hydrogens is 232 g/mol. The Morgan fingerprint density at radius 1 is 1.35 bits per heavy atom. The van der Waals surface area contributed by atoms with Crippen LogP contribution >= 0.6 is 0 Å². The molecule has 1 aliphatic rings. The molecular formula is C10H10O7. The number of carboxylic acid groups (broad SMARTS) is 2. The third-order valence-corrected chi connectivity index (χ3v) is 1.53. The average molecular weight is 242 g/mol. The molecule has 92 valence electrons. The number of rotatable bonds is 2. The van der Waals surface area contributed by atoms with Crippen LogP contribution in [0.2, 0.25) is 0 Å². The van der Waals surface area contributed by atoms with E-state index in [9.17, 15) is 19.2 Å². The van der Waals surface area contributed by atoms with Gasteiger partial charge in [0.2, 0.25) is 0 Å². The zero-order valence-electron chi connectivity index (χ0n) is 8.93. The summed E-state index contributed by atoms with van der Waals surface area (Å²) in [6.45, 7) is 4.51. The van der Waals surface area contributed by atoms with Crippen LogP contribution in [0.25, 0.3) is 0 Å². The molecule has 1 aliphatic heterocycles. The van der Waals surface area contributed by atoms with Gasteiger partial charge in [-0.05, 0) is 6.92 Å². The Morgan fingerprint density at radius 3 is 2.00 bits per heavy atom. The molecule has 17 heavy (non-hydrogen) atoms. The summed E-state index contributed by atoms with van der Waals surface area (Å²) >= 11 is 0. The molecule has 0 unspecified atom stereocenters. The van der Waals surface area contributed by atoms with Crippen molar-refractivity contribution in [1.29, 1.82) is 0 Å². The molecule has 0 aromatic carbocycles. The van der Waals surface area contributed by atoms with Gasteiger partial charge in [0.1, 0.15) is 0 Å². The molecule has 7 nitrogen and oxygen atoms in total. The van der Waals surface area contributed by atoms with E-state index in [0.717, 1.165) is 0 Å². The fraction of sp³-hybridized carbons (Fsp3) is 0.200. The van der Waals surface area contributed by atoms with Crippen LogP contribution in [0.3, 0.4) is 0 Å². The van der Waals surface area contributed by atoms with Crippen molar-refractivity contribution in [3.63, 3.8) is 0 Å². The summed E-state index contributed by atoms with van der Waals surface area (Å²) in [5.74, 6) is -3.54. The van der Waals surface area contributed by atoms with Crippen molar-refractivity contribution in [2.75, 3.05) is 0 Å². The predicted octanol–water partition coefficient (Wildman–Crippen LogP) is 0.118. The van der Waals surface area contributed by atoms with Gasteiger partial charge in [0.05, 0.1) is 6.42 Å². The maximum atomic E-state index is 10.2. The van der Waals surface area contributed by atoms with Crippen LogP contribution in [-0.2, 0) is 23.9 Å². The van der Waals surface area contributed by atoms with Crippen molar-refractivity contribution in [3.8, 4) is 0 Å². The summed E-state index contributed by atoms with van der Waals surface area (Å²) in [6.07, 6.45) is 0.696. The van der Waals surface area contributed by atoms with E-state index in [0.29, 0.717) is 6.08 Å². The van der Waals surface area contributed by atoms with Crippen molar-refractivity contribution < 1.29 is 34.1 Å². The van der Waals surface area contributed by atoms with E-state index in [1.54, 1.807) is 0 Å². The third kappa shape index (κ3) is 5.88. The number of carbonyl (C=O) groups excluding carboxylic acids is 2. The van der Waals surface area contributed by atoms with Crippen LogP contribution in [0.4, 0.5) is 0 Å². The first kappa shape index (κ1) is 14.6. The van der Waals surface area contributed by atoms with Crippen LogP contribution in [0.1, 0.15) is 13.3 Å². The molecule has 0 spiro atoms. The maximum Gasteiger partial charge on any atom is 0.341 e. The average Bonchev–Trinajstić information content (AvgIpc) is 2.43. The molecule has 2 N–H and O–H groups in total. The van der Waals surface area contributed by atoms with Gasteiger partial charge in [-0.2, -0.15) is 0 Å². The number of ether oxygens (including phenoxy) is 1. The highest BCUT2D eigenvalue weighted by molar-refractivity contribution is 6.05. The minimum absolute atomic E-state index is 0.0544. The monoisotopic (exact) mass is 242 g/mol. The molecule has 0 saturated carbocycles. The van der Waals surface area contributed by atoms with E-state index in [1.807, 2.05) is 0 Å². The Balaban J connectivity index is 0.000000302. The lowest BCUT2D eigenvalue weighted by atomic mass is 10.3. The largest absolute Gasteiger partial charge is 0.478 e. The number of carboxylic acids is 2. The van der Waals surface area contributed by atoms with E-state index in [-0.39, 0.29) is 17.6 Å². The van der Waals surface area contributed by atoms with E-state index < -0.39 is 23.9 Å². The zero-order valence-corrected chi connectivity index (χ0v) is 8.93. The van der Waals surface area contributed by atoms with Crippen molar-refractivity contribution in [1.82, 2.24) is 0 Å². The van der Waals surface area contributed by atoms with Crippen molar-refractivity contribution in [2.45, 2.75) is 13.3 Å². The van der Waals surface area contributed by atoms with Gasteiger partial charge in [0.25, 0.3) is 0 Å². The van der Waals surface area contributed by atoms with Gasteiger partial charge in [-0.3, -0.25) is 4.79 Å². The van der Waals surface area contributed by atoms with Gasteiger partial charge >= 0.3 is 23.9 Å². The lowest BCUT2D eigenvalue weighted by Gasteiger charge is -1.86. The molecule has 0 radical (unpaired) electrons. The van der Waals surface area contributed by atoms with Crippen molar-refractivity contribution in [3.05, 3.63) is 23.8 Å². The standard InChI is InChI=1S/C5H6O4.C5H4O3/c1-3(5(8)9)2-4(6)7;1-3-2-4(6)8-5(3)7/h2H,1H3,(H,6,7)(H,8,9);1-2H2/b3-2-;. The van der Waals surface area contributed by atoms with Crippen LogP contribution in [0.5, 0.6) is 0 Å². The summed E-state index contributed by atoms with van der Waals surface area (Å²) < 4.78 is 4.10. The number of carbonyl (C=O) groups is 4. The van der Waals surface area contributed by atoms with E-state index in [1.165, 1.54) is 6.92 Å². The second-order valence-corrected chi connectivity index (χ2v) is 3.01. The first-order valence-corrected chi connectivity index (χ1v) is 4.31. The van der Waals surface area contributed by atoms with E-state index in [2.05, 4.69) is 11.3 Å². The van der Waals surface area contributed by atoms with Gasteiger partial charge in [-0.1, -0.05) is 6.58 Å². The van der Waals surface area contributed by atoms with Crippen LogP contribution < -0.4 is 0 Å². The molecule has 1 rings (SSSR count). The summed E-state index contributed by atoms with van der Waals surface area (Å²) in [6, 6.07) is 0. The maximum absolute atomic E-state index is 10.2. The van der Waals surface area contributed by atoms with Crippen LogP contribution in [-0.4, -0.2) is 34.1 Å². The van der Waals surface area contributed by atoms with E-state index >= 15 is 0 Å². The highest BCUT2D eigenvalue weighted by atomic mass is 16.6. The SMILES string of the molecule is C/C(=C/C(=O)O)C(=O)O.C=C1CC(=O)OC1=O. The van der Waals surface area contributed by atoms with Gasteiger partial charge in [-0.15, -0.1) is 0 Å². The van der Waals surface area contributed by atoms with Gasteiger partial charge in [0, 0.05) is 17.2 Å². The van der Waals surface area contributed by atoms with Gasteiger partial charge in [-0.25, -0.2) is 14.4 Å². The summed E-state index contributed by atoms with van der Waals surface area (Å²) in [5, 5.41) is 16.1. The number of hydrogen-bond donors (Lipinski definition) is 2. The lowest BCUT2D eigenvalue weighted by molar-refractivity contribution is -0.151. The second kappa shape index (κ2) is 6.21. The fourth-order valence-electron chi connectivity index (χ4n) is 0.705.